The third-order valence-electron chi connectivity index (χ3n) is 6.01. The monoisotopic (exact) mass is 523 g/mol. The topological polar surface area (TPSA) is 95.1 Å². The summed E-state index contributed by atoms with van der Waals surface area (Å²) in [5.74, 6) is -0.792. The Kier molecular flexibility index (Phi) is 9.13. The predicted molar refractivity (Wildman–Crippen MR) is 151 cm³/mol. The number of rotatable bonds is 10. The Morgan fingerprint density at radius 1 is 0.538 bits per heavy atom. The largest absolute Gasteiger partial charge is 0.322 e. The first kappa shape index (κ1) is 27.2. The first-order valence-corrected chi connectivity index (χ1v) is 13.1. The van der Waals surface area contributed by atoms with Crippen LogP contribution in [0.25, 0.3) is 0 Å². The predicted octanol–water partition coefficient (Wildman–Crippen LogP) is 4.84. The number of amides is 3. The third kappa shape index (κ3) is 7.58. The Labute approximate surface area is 228 Å². The number of aryl methyl sites for hydroxylation is 2. The SMILES string of the molecule is CCC[n+]1cccc(NC(=O)c2ccc(NC(=O)c3ccc(C(=O)Nc4ccc[n+](CCC)c4)cc3)cc2)c1. The van der Waals surface area contributed by atoms with E-state index in [1.807, 2.05) is 58.2 Å². The van der Waals surface area contributed by atoms with Gasteiger partial charge in [0.2, 0.25) is 0 Å². The van der Waals surface area contributed by atoms with Gasteiger partial charge in [-0.25, -0.2) is 9.13 Å². The van der Waals surface area contributed by atoms with E-state index in [1.165, 1.54) is 0 Å². The molecule has 198 valence electrons. The Morgan fingerprint density at radius 3 is 1.28 bits per heavy atom. The van der Waals surface area contributed by atoms with Gasteiger partial charge in [-0.05, 0) is 60.7 Å². The fourth-order valence-electron chi connectivity index (χ4n) is 4.07. The molecule has 0 spiro atoms. The maximum absolute atomic E-state index is 12.7. The van der Waals surface area contributed by atoms with Crippen LogP contribution in [-0.2, 0) is 13.1 Å². The van der Waals surface area contributed by atoms with Crippen LogP contribution in [0, 0.1) is 0 Å². The maximum Gasteiger partial charge on any atom is 0.255 e. The summed E-state index contributed by atoms with van der Waals surface area (Å²) >= 11 is 0. The average molecular weight is 524 g/mol. The number of hydrogen-bond acceptors (Lipinski definition) is 3. The molecule has 8 heteroatoms. The summed E-state index contributed by atoms with van der Waals surface area (Å²) in [5.41, 5.74) is 3.33. The van der Waals surface area contributed by atoms with Gasteiger partial charge in [0.25, 0.3) is 17.7 Å². The van der Waals surface area contributed by atoms with Crippen molar-refractivity contribution < 1.29 is 23.5 Å². The Hall–Kier alpha value is -4.85. The van der Waals surface area contributed by atoms with Crippen molar-refractivity contribution in [2.45, 2.75) is 39.8 Å². The van der Waals surface area contributed by atoms with Crippen molar-refractivity contribution in [1.82, 2.24) is 0 Å². The van der Waals surface area contributed by atoms with Crippen molar-refractivity contribution in [3.05, 3.63) is 114 Å². The number of pyridine rings is 2. The molecule has 0 atom stereocenters. The van der Waals surface area contributed by atoms with Crippen LogP contribution in [0.1, 0.15) is 57.8 Å². The fraction of sp³-hybridized carbons (Fsp3) is 0.194. The highest BCUT2D eigenvalue weighted by molar-refractivity contribution is 6.08. The summed E-state index contributed by atoms with van der Waals surface area (Å²) in [6.45, 7) is 5.94. The summed E-state index contributed by atoms with van der Waals surface area (Å²) in [5, 5.41) is 8.61. The van der Waals surface area contributed by atoms with E-state index in [1.54, 1.807) is 48.5 Å². The third-order valence-corrected chi connectivity index (χ3v) is 6.01. The van der Waals surface area contributed by atoms with Crippen LogP contribution in [-0.4, -0.2) is 17.7 Å². The highest BCUT2D eigenvalue weighted by Gasteiger charge is 2.13. The molecule has 0 aliphatic rings. The van der Waals surface area contributed by atoms with E-state index < -0.39 is 0 Å². The molecule has 2 aromatic heterocycles. The molecular weight excluding hydrogens is 490 g/mol. The van der Waals surface area contributed by atoms with Crippen molar-refractivity contribution in [1.29, 1.82) is 0 Å². The van der Waals surface area contributed by atoms with Gasteiger partial charge in [-0.15, -0.1) is 0 Å². The minimum Gasteiger partial charge on any atom is -0.322 e. The highest BCUT2D eigenvalue weighted by Crippen LogP contribution is 2.15. The second kappa shape index (κ2) is 13.1. The van der Waals surface area contributed by atoms with E-state index in [2.05, 4.69) is 29.8 Å². The standard InChI is InChI=1S/C31H31N5O3/c1-3-17-35-19-5-7-27(21-35)33-30(38)24-11-9-23(10-12-24)29(37)32-26-15-13-25(14-16-26)31(39)34-28-8-6-20-36(22-28)18-4-2/h5-16,19-22H,3-4,17-18H2,1-2H3,(H-2,32,33,34,37,38,39)/p+2. The number of anilines is 3. The Morgan fingerprint density at radius 2 is 0.897 bits per heavy atom. The molecule has 4 aromatic rings. The molecule has 0 radical (unpaired) electrons. The van der Waals surface area contributed by atoms with Crippen LogP contribution in [0.15, 0.2) is 97.6 Å². The lowest BCUT2D eigenvalue weighted by atomic mass is 10.1. The molecule has 39 heavy (non-hydrogen) atoms. The normalized spacial score (nSPS) is 10.5. The quantitative estimate of drug-likeness (QED) is 0.260. The van der Waals surface area contributed by atoms with Crippen molar-refractivity contribution >= 4 is 34.8 Å². The summed E-state index contributed by atoms with van der Waals surface area (Å²) < 4.78 is 4.05. The van der Waals surface area contributed by atoms with Gasteiger partial charge in [-0.1, -0.05) is 13.8 Å². The summed E-state index contributed by atoms with van der Waals surface area (Å²) in [4.78, 5) is 38.0. The number of hydrogen-bond donors (Lipinski definition) is 3. The molecule has 2 aromatic carbocycles. The molecular formula is C31H33N5O3+2. The molecule has 4 rings (SSSR count). The van der Waals surface area contributed by atoms with E-state index >= 15 is 0 Å². The zero-order valence-electron chi connectivity index (χ0n) is 22.2. The number of nitrogens with zero attached hydrogens (tertiary/aromatic N) is 2. The van der Waals surface area contributed by atoms with Crippen LogP contribution in [0.5, 0.6) is 0 Å². The van der Waals surface area contributed by atoms with Crippen molar-refractivity contribution in [2.75, 3.05) is 16.0 Å². The van der Waals surface area contributed by atoms with Crippen LogP contribution in [0.2, 0.25) is 0 Å². The van der Waals surface area contributed by atoms with Gasteiger partial charge in [0.1, 0.15) is 24.5 Å². The molecule has 3 amide bonds. The smallest absolute Gasteiger partial charge is 0.255 e. The number of carbonyl (C=O) groups excluding carboxylic acids is 3. The van der Waals surface area contributed by atoms with Crippen LogP contribution < -0.4 is 25.1 Å². The van der Waals surface area contributed by atoms with Gasteiger partial charge in [0, 0.05) is 47.4 Å². The lowest BCUT2D eigenvalue weighted by Crippen LogP contribution is -2.33. The number of nitrogens with one attached hydrogen (secondary N) is 3. The van der Waals surface area contributed by atoms with E-state index in [0.717, 1.165) is 25.9 Å². The van der Waals surface area contributed by atoms with Gasteiger partial charge in [-0.3, -0.25) is 14.4 Å². The molecule has 0 aliphatic carbocycles. The van der Waals surface area contributed by atoms with Crippen molar-refractivity contribution in [3.8, 4) is 0 Å². The van der Waals surface area contributed by atoms with Crippen molar-refractivity contribution in [2.24, 2.45) is 0 Å². The Balaban J connectivity index is 1.33. The van der Waals surface area contributed by atoms with Gasteiger partial charge in [0.05, 0.1) is 0 Å². The molecule has 0 fully saturated rings. The minimum atomic E-state index is -0.312. The molecule has 0 aliphatic heterocycles. The lowest BCUT2D eigenvalue weighted by molar-refractivity contribution is -0.696. The van der Waals surface area contributed by atoms with E-state index in [4.69, 9.17) is 0 Å². The van der Waals surface area contributed by atoms with Crippen molar-refractivity contribution in [3.63, 3.8) is 0 Å². The van der Waals surface area contributed by atoms with Gasteiger partial charge in [0.15, 0.2) is 24.8 Å². The van der Waals surface area contributed by atoms with Crippen LogP contribution in [0.4, 0.5) is 17.1 Å². The number of benzene rings is 2. The van der Waals surface area contributed by atoms with Gasteiger partial charge in [-0.2, -0.15) is 0 Å². The second-order valence-corrected chi connectivity index (χ2v) is 9.18. The van der Waals surface area contributed by atoms with Crippen LogP contribution in [0.3, 0.4) is 0 Å². The summed E-state index contributed by atoms with van der Waals surface area (Å²) in [7, 11) is 0. The van der Waals surface area contributed by atoms with Crippen LogP contribution >= 0.6 is 0 Å². The molecule has 8 nitrogen and oxygen atoms in total. The molecule has 0 bridgehead atoms. The number of aromatic nitrogens is 2. The molecule has 0 unspecified atom stereocenters. The fourth-order valence-corrected chi connectivity index (χ4v) is 4.07. The lowest BCUT2D eigenvalue weighted by Gasteiger charge is -2.08. The summed E-state index contributed by atoms with van der Waals surface area (Å²) in [6.07, 6.45) is 9.71. The molecule has 0 saturated heterocycles. The zero-order chi connectivity index (χ0) is 27.6. The molecule has 0 saturated carbocycles. The summed E-state index contributed by atoms with van der Waals surface area (Å²) in [6, 6.07) is 20.6. The van der Waals surface area contributed by atoms with Gasteiger partial charge >= 0.3 is 0 Å². The van der Waals surface area contributed by atoms with E-state index in [-0.39, 0.29) is 17.7 Å². The second-order valence-electron chi connectivity index (χ2n) is 9.18. The first-order chi connectivity index (χ1) is 18.9. The molecule has 2 heterocycles. The molecule has 3 N–H and O–H groups in total. The maximum atomic E-state index is 12.7. The van der Waals surface area contributed by atoms with E-state index in [9.17, 15) is 14.4 Å². The van der Waals surface area contributed by atoms with Gasteiger partial charge < -0.3 is 16.0 Å². The highest BCUT2D eigenvalue weighted by atomic mass is 16.2. The minimum absolute atomic E-state index is 0.230. The first-order valence-electron chi connectivity index (χ1n) is 13.1. The zero-order valence-corrected chi connectivity index (χ0v) is 22.2. The van der Waals surface area contributed by atoms with E-state index in [0.29, 0.717) is 33.8 Å². The Bertz CT molecular complexity index is 1450. The number of carbonyl (C=O) groups is 3. The average Bonchev–Trinajstić information content (AvgIpc) is 2.94.